The number of aliphatic hydroxyl groups is 1. The summed E-state index contributed by atoms with van der Waals surface area (Å²) in [6, 6.07) is 12.4. The van der Waals surface area contributed by atoms with Crippen molar-refractivity contribution in [2.75, 3.05) is 86.6 Å². The maximum atomic E-state index is 15.5. The minimum absolute atomic E-state index is 0.0146. The van der Waals surface area contributed by atoms with Gasteiger partial charge in [-0.2, -0.15) is 0 Å². The number of carboxylic acid groups (broad SMARTS) is 2. The number of sulfonamides is 1. The number of aryl methyl sites for hydroxylation is 1. The number of urea groups is 3. The summed E-state index contributed by atoms with van der Waals surface area (Å²) in [5.41, 5.74) is 1.79. The van der Waals surface area contributed by atoms with Gasteiger partial charge in [0.05, 0.1) is 98.5 Å². The predicted molar refractivity (Wildman–Crippen MR) is 404 cm³/mol. The molecule has 1 fully saturated rings. The Balaban J connectivity index is 0.605. The van der Waals surface area contributed by atoms with Gasteiger partial charge in [0.1, 0.15) is 30.5 Å². The van der Waals surface area contributed by atoms with Crippen molar-refractivity contribution in [2.24, 2.45) is 5.92 Å². The van der Waals surface area contributed by atoms with Crippen molar-refractivity contribution < 1.29 is 105 Å². The van der Waals surface area contributed by atoms with Crippen molar-refractivity contribution in [1.82, 2.24) is 46.4 Å². The number of carbonyl (C=O) groups excluding carboxylic acids is 9. The van der Waals surface area contributed by atoms with Crippen LogP contribution in [0.25, 0.3) is 22.3 Å². The maximum absolute atomic E-state index is 15.5. The van der Waals surface area contributed by atoms with Crippen LogP contribution in [0.4, 0.5) is 41.5 Å². The Morgan fingerprint density at radius 1 is 0.726 bits per heavy atom. The Morgan fingerprint density at radius 3 is 2.06 bits per heavy atom. The highest BCUT2D eigenvalue weighted by molar-refractivity contribution is 7.92. The quantitative estimate of drug-likeness (QED) is 0.0177. The van der Waals surface area contributed by atoms with Crippen molar-refractivity contribution in [3.05, 3.63) is 140 Å². The third-order valence-corrected chi connectivity index (χ3v) is 20.8. The second-order valence-corrected chi connectivity index (χ2v) is 29.3. The minimum atomic E-state index is -4.20. The molecular weight excluding hydrogens is 1500 g/mol. The van der Waals surface area contributed by atoms with Crippen LogP contribution in [0, 0.1) is 18.7 Å². The number of aliphatic carboxylic acids is 2. The molecule has 37 heteroatoms. The van der Waals surface area contributed by atoms with Crippen LogP contribution in [-0.4, -0.2) is 188 Å². The monoisotopic (exact) mass is 1590 g/mol. The van der Waals surface area contributed by atoms with E-state index >= 15 is 4.39 Å². The molecule has 0 bridgehead atoms. The molecular formula is C76H90FN13O22S. The molecule has 6 atom stereocenters. The number of esters is 2. The van der Waals surface area contributed by atoms with Crippen molar-refractivity contribution >= 4 is 109 Å². The topological polar surface area (TPSA) is 487 Å². The Kier molecular flexibility index (Phi) is 27.9. The lowest BCUT2D eigenvalue weighted by Gasteiger charge is -2.31. The van der Waals surface area contributed by atoms with Gasteiger partial charge >= 0.3 is 42.0 Å². The van der Waals surface area contributed by atoms with E-state index in [0.29, 0.717) is 64.8 Å². The van der Waals surface area contributed by atoms with Crippen molar-refractivity contribution in [2.45, 2.75) is 146 Å². The largest absolute Gasteiger partial charge is 0.481 e. The normalized spacial score (nSPS) is 16.7. The second-order valence-electron chi connectivity index (χ2n) is 27.7. The van der Waals surface area contributed by atoms with Gasteiger partial charge in [-0.1, -0.05) is 45.9 Å². The molecule has 1 aliphatic carbocycles. The number of halogens is 1. The van der Waals surface area contributed by atoms with E-state index in [1.54, 1.807) is 27.7 Å². The standard InChI is InChI=1S/C76H90FN13O22S/c1-6-23-78-73(102)82-46-12-9-14-48(33-46)113(106,107)88-47-13-8-11-43(32-47)55(36-62(93)94)86-75(104)81-45-18-16-44(17-19-45)80-74(103)79-24-27-109-29-31-110-30-28-108-26-22-60(91)84-57(37-63(95)96)70(99)89-25-10-15-58(89)68(97)87-66(41(3)4)71(100)111-40-61(92)83-54-21-20-49-42(5)53(77)35-56-64(49)65(54)50-38-90-59(67(50)85-56)34-52-51(69(90)98)39-112-72(101)76(52,105)7-2/h8-9,11-14,16-19,32-35,41,54-55,57-58,66,88,105H,6-7,10,15,20-31,36-40H2,1-5H3,(H,83,92)(H,84,91)(H,87,97)(H,93,94)(H,95,96)(H2,78,82,102)(H2,79,80,103)(H2,81,86,104)/t54-,55-,57-,58-,66-,76-/m0/s1. The molecule has 0 spiro atoms. The molecule has 0 saturated carbocycles. The van der Waals surface area contributed by atoms with Gasteiger partial charge in [0.15, 0.2) is 12.2 Å². The van der Waals surface area contributed by atoms with Crippen LogP contribution in [0.3, 0.4) is 0 Å². The van der Waals surface area contributed by atoms with E-state index in [1.807, 2.05) is 6.92 Å². The Labute approximate surface area is 647 Å². The van der Waals surface area contributed by atoms with Crippen LogP contribution >= 0.6 is 0 Å². The smallest absolute Gasteiger partial charge is 0.343 e. The zero-order chi connectivity index (χ0) is 81.4. The molecule has 10 rings (SSSR count). The first kappa shape index (κ1) is 83.8. The highest BCUT2D eigenvalue weighted by Crippen LogP contribution is 2.46. The number of cyclic esters (lactones) is 1. The molecule has 6 aromatic rings. The number of benzene rings is 4. The summed E-state index contributed by atoms with van der Waals surface area (Å²) in [5.74, 6) is -8.71. The number of nitrogens with one attached hydrogen (secondary N) is 10. The molecule has 3 aliphatic heterocycles. The van der Waals surface area contributed by atoms with Crippen LogP contribution < -0.4 is 58.1 Å². The van der Waals surface area contributed by atoms with E-state index in [2.05, 4.69) is 52.6 Å². The average Bonchev–Trinajstić information content (AvgIpc) is 1.61. The maximum Gasteiger partial charge on any atom is 0.343 e. The molecule has 1 saturated heterocycles. The number of rotatable bonds is 36. The number of carbonyl (C=O) groups is 11. The van der Waals surface area contributed by atoms with Gasteiger partial charge in [-0.3, -0.25) is 38.3 Å². The van der Waals surface area contributed by atoms with E-state index < -0.39 is 148 Å². The van der Waals surface area contributed by atoms with Crippen LogP contribution in [0.2, 0.25) is 0 Å². The second kappa shape index (κ2) is 37.6. The number of amides is 10. The van der Waals surface area contributed by atoms with E-state index in [-0.39, 0.29) is 141 Å². The number of likely N-dealkylation sites (tertiary alicyclic amines) is 1. The molecule has 35 nitrogen and oxygen atoms in total. The third kappa shape index (κ3) is 20.7. The number of anilines is 4. The van der Waals surface area contributed by atoms with Crippen molar-refractivity contribution in [3.63, 3.8) is 0 Å². The zero-order valence-electron chi connectivity index (χ0n) is 62.6. The fraction of sp³-hybridized carbons (Fsp3) is 0.434. The van der Waals surface area contributed by atoms with Crippen LogP contribution in [0.1, 0.15) is 130 Å². The van der Waals surface area contributed by atoms with Crippen LogP contribution in [0.15, 0.2) is 94.6 Å². The van der Waals surface area contributed by atoms with Gasteiger partial charge in [-0.15, -0.1) is 0 Å². The first-order valence-electron chi connectivity index (χ1n) is 36.8. The lowest BCUT2D eigenvalue weighted by molar-refractivity contribution is -0.172. The number of ether oxygens (including phenoxy) is 5. The van der Waals surface area contributed by atoms with Crippen LogP contribution in [-0.2, 0) is 97.2 Å². The van der Waals surface area contributed by atoms with E-state index in [4.69, 9.17) is 28.7 Å². The molecule has 113 heavy (non-hydrogen) atoms. The van der Waals surface area contributed by atoms with Crippen molar-refractivity contribution in [1.29, 1.82) is 0 Å². The van der Waals surface area contributed by atoms with Gasteiger partial charge in [-0.25, -0.2) is 41.8 Å². The summed E-state index contributed by atoms with van der Waals surface area (Å²) in [5, 5.41) is 55.2. The van der Waals surface area contributed by atoms with Gasteiger partial charge < -0.3 is 96.3 Å². The minimum Gasteiger partial charge on any atom is -0.481 e. The summed E-state index contributed by atoms with van der Waals surface area (Å²) in [6.07, 6.45) is 0.00750. The van der Waals surface area contributed by atoms with Gasteiger partial charge in [0.25, 0.3) is 21.5 Å². The average molecular weight is 1590 g/mol. The Bertz CT molecular complexity index is 4830. The number of hydrogen-bond acceptors (Lipinski definition) is 21. The molecule has 0 radical (unpaired) electrons. The summed E-state index contributed by atoms with van der Waals surface area (Å²) in [7, 11) is -4.20. The SMILES string of the molecule is CCCNC(=O)Nc1cccc(S(=O)(=O)Nc2cccc([C@H](CC(=O)O)NC(=O)Nc3ccc(NC(=O)NCCOCCOCCOCCC(=O)N[C@@H](CC(=O)O)C(=O)N4CCC[C@H]4C(=O)N[C@H](C(=O)OCC(=O)N[C@H]4CCc5c(C)c(F)cc6nc7c(c4c56)Cn4c-7cc5c(c4=O)COC(=O)[C@]5(O)CC)C(C)C)cc3)c2)c1. The zero-order valence-corrected chi connectivity index (χ0v) is 63.4. The number of pyridine rings is 2. The number of aromatic nitrogens is 2. The van der Waals surface area contributed by atoms with Gasteiger partial charge in [0.2, 0.25) is 17.7 Å². The number of hydrogen-bond donors (Lipinski definition) is 13. The molecule has 604 valence electrons. The highest BCUT2D eigenvalue weighted by atomic mass is 32.2. The van der Waals surface area contributed by atoms with E-state index in [9.17, 15) is 81.3 Å². The summed E-state index contributed by atoms with van der Waals surface area (Å²) >= 11 is 0. The fourth-order valence-electron chi connectivity index (χ4n) is 13.7. The highest BCUT2D eigenvalue weighted by Gasteiger charge is 2.47. The lowest BCUT2D eigenvalue weighted by atomic mass is 9.81. The lowest BCUT2D eigenvalue weighted by Crippen LogP contribution is -2.56. The molecule has 10 amide bonds. The Hall–Kier alpha value is -11.7. The molecule has 13 N–H and O–H groups in total. The summed E-state index contributed by atoms with van der Waals surface area (Å²) < 4.78 is 73.4. The fourth-order valence-corrected chi connectivity index (χ4v) is 14.8. The third-order valence-electron chi connectivity index (χ3n) is 19.4. The van der Waals surface area contributed by atoms with Crippen LogP contribution in [0.5, 0.6) is 0 Å². The first-order chi connectivity index (χ1) is 54.0. The molecule has 0 unspecified atom stereocenters. The number of carboxylic acids is 2. The number of fused-ring (bicyclic) bond motifs is 5. The molecule has 4 aromatic carbocycles. The Morgan fingerprint density at radius 2 is 1.38 bits per heavy atom. The molecule has 4 aliphatic rings. The van der Waals surface area contributed by atoms with E-state index in [0.717, 1.165) is 4.90 Å². The molecule has 5 heterocycles. The first-order valence-corrected chi connectivity index (χ1v) is 38.3. The summed E-state index contributed by atoms with van der Waals surface area (Å²) in [6.45, 7) is 8.15. The van der Waals surface area contributed by atoms with Gasteiger partial charge in [-0.05, 0) is 134 Å². The van der Waals surface area contributed by atoms with Gasteiger partial charge in [0, 0.05) is 71.4 Å². The number of nitrogens with zero attached hydrogens (tertiary/aromatic N) is 3. The van der Waals surface area contributed by atoms with E-state index in [1.165, 1.54) is 89.5 Å². The van der Waals surface area contributed by atoms with Crippen molar-refractivity contribution in [3.8, 4) is 11.4 Å². The molecule has 2 aromatic heterocycles. The summed E-state index contributed by atoms with van der Waals surface area (Å²) in [4.78, 5) is 163. The predicted octanol–water partition coefficient (Wildman–Crippen LogP) is 5.20.